The quantitative estimate of drug-likeness (QED) is 0.642. The molecule has 3 aromatic rings. The summed E-state index contributed by atoms with van der Waals surface area (Å²) in [7, 11) is -3.97. The average Bonchev–Trinajstić information content (AvgIpc) is 3.16. The molecule has 0 saturated carbocycles. The van der Waals surface area contributed by atoms with Crippen LogP contribution >= 0.6 is 11.6 Å². The lowest BCUT2D eigenvalue weighted by molar-refractivity contribution is 0.0989. The number of anilines is 1. The van der Waals surface area contributed by atoms with Crippen molar-refractivity contribution in [2.75, 3.05) is 11.4 Å². The summed E-state index contributed by atoms with van der Waals surface area (Å²) < 4.78 is 41.0. The van der Waals surface area contributed by atoms with Crippen molar-refractivity contribution in [3.63, 3.8) is 0 Å². The maximum Gasteiger partial charge on any atom is 0.258 e. The summed E-state index contributed by atoms with van der Waals surface area (Å²) in [6.07, 6.45) is 0.669. The lowest BCUT2D eigenvalue weighted by Gasteiger charge is -2.18. The summed E-state index contributed by atoms with van der Waals surface area (Å²) in [6, 6.07) is 17.4. The van der Waals surface area contributed by atoms with Crippen molar-refractivity contribution in [1.29, 1.82) is 0 Å². The van der Waals surface area contributed by atoms with Crippen molar-refractivity contribution in [1.82, 2.24) is 4.72 Å². The minimum Gasteiger partial charge on any atom is -0.308 e. The van der Waals surface area contributed by atoms with Crippen LogP contribution in [0.5, 0.6) is 0 Å². The number of sulfonamides is 1. The van der Waals surface area contributed by atoms with E-state index in [0.717, 1.165) is 22.9 Å². The van der Waals surface area contributed by atoms with Crippen LogP contribution in [0.3, 0.4) is 0 Å². The first-order valence-corrected chi connectivity index (χ1v) is 11.1. The molecule has 0 aromatic heterocycles. The van der Waals surface area contributed by atoms with Crippen molar-refractivity contribution in [2.45, 2.75) is 17.9 Å². The van der Waals surface area contributed by atoms with Gasteiger partial charge in [0, 0.05) is 29.4 Å². The molecule has 3 aromatic carbocycles. The van der Waals surface area contributed by atoms with Crippen molar-refractivity contribution < 1.29 is 17.6 Å². The van der Waals surface area contributed by atoms with E-state index in [0.29, 0.717) is 23.6 Å². The van der Waals surface area contributed by atoms with Gasteiger partial charge >= 0.3 is 0 Å². The van der Waals surface area contributed by atoms with Crippen LogP contribution in [0.2, 0.25) is 5.02 Å². The maximum atomic E-state index is 13.8. The van der Waals surface area contributed by atoms with Gasteiger partial charge in [0.25, 0.3) is 5.91 Å². The highest BCUT2D eigenvalue weighted by atomic mass is 35.5. The third kappa shape index (κ3) is 4.09. The largest absolute Gasteiger partial charge is 0.308 e. The first-order valence-electron chi connectivity index (χ1n) is 9.28. The van der Waals surface area contributed by atoms with Gasteiger partial charge in [-0.05, 0) is 60.0 Å². The van der Waals surface area contributed by atoms with Crippen LogP contribution in [0.25, 0.3) is 0 Å². The molecule has 1 aliphatic heterocycles. The smallest absolute Gasteiger partial charge is 0.258 e. The summed E-state index contributed by atoms with van der Waals surface area (Å²) in [5.74, 6) is -0.909. The fraction of sp³-hybridized carbons (Fsp3) is 0.136. The van der Waals surface area contributed by atoms with Gasteiger partial charge in [-0.2, -0.15) is 0 Å². The maximum absolute atomic E-state index is 13.8. The molecule has 0 aliphatic carbocycles. The van der Waals surface area contributed by atoms with E-state index >= 15 is 0 Å². The molecule has 1 N–H and O–H groups in total. The minimum atomic E-state index is -3.97. The molecule has 0 atom stereocenters. The Labute approximate surface area is 179 Å². The van der Waals surface area contributed by atoms with Crippen LogP contribution in [0, 0.1) is 5.82 Å². The van der Waals surface area contributed by atoms with Crippen LogP contribution in [-0.2, 0) is 23.0 Å². The number of nitrogens with zero attached hydrogens (tertiary/aromatic N) is 1. The predicted molar refractivity (Wildman–Crippen MR) is 114 cm³/mol. The van der Waals surface area contributed by atoms with Crippen LogP contribution in [-0.4, -0.2) is 20.9 Å². The molecule has 0 radical (unpaired) electrons. The SMILES string of the molecule is O=C(c1ccc(Cl)cc1)N1CCc2cc(CNS(=O)(=O)c3ccccc3F)ccc21. The molecular formula is C22H18ClFN2O3S. The summed E-state index contributed by atoms with van der Waals surface area (Å²) in [6.45, 7) is 0.566. The second-order valence-corrected chi connectivity index (χ2v) is 9.10. The van der Waals surface area contributed by atoms with E-state index in [1.54, 1.807) is 35.2 Å². The topological polar surface area (TPSA) is 66.5 Å². The predicted octanol–water partition coefficient (Wildman–Crippen LogP) is 4.16. The molecule has 0 unspecified atom stereocenters. The standard InChI is InChI=1S/C22H18ClFN2O3S/c23-18-8-6-16(7-9-18)22(27)26-12-11-17-13-15(5-10-20(17)26)14-25-30(28,29)21-4-2-1-3-19(21)24/h1-10,13,25H,11-12,14H2. The van der Waals surface area contributed by atoms with E-state index in [1.165, 1.54) is 18.2 Å². The second kappa shape index (κ2) is 8.18. The highest BCUT2D eigenvalue weighted by molar-refractivity contribution is 7.89. The van der Waals surface area contributed by atoms with Gasteiger partial charge in [0.2, 0.25) is 10.0 Å². The Kier molecular flexibility index (Phi) is 5.60. The van der Waals surface area contributed by atoms with Crippen molar-refractivity contribution in [3.05, 3.63) is 94.3 Å². The Morgan fingerprint density at radius 1 is 1.07 bits per heavy atom. The molecule has 5 nitrogen and oxygen atoms in total. The Morgan fingerprint density at radius 3 is 2.53 bits per heavy atom. The third-order valence-corrected chi connectivity index (χ3v) is 6.65. The molecular weight excluding hydrogens is 427 g/mol. The Morgan fingerprint density at radius 2 is 1.80 bits per heavy atom. The van der Waals surface area contributed by atoms with Gasteiger partial charge in [-0.3, -0.25) is 4.79 Å². The Hall–Kier alpha value is -2.74. The number of fused-ring (bicyclic) bond motifs is 1. The van der Waals surface area contributed by atoms with Crippen molar-refractivity contribution >= 4 is 33.2 Å². The van der Waals surface area contributed by atoms with Gasteiger partial charge in [-0.15, -0.1) is 0 Å². The molecule has 8 heteroatoms. The molecule has 0 saturated heterocycles. The number of hydrogen-bond acceptors (Lipinski definition) is 3. The van der Waals surface area contributed by atoms with E-state index in [1.807, 2.05) is 12.1 Å². The van der Waals surface area contributed by atoms with E-state index in [4.69, 9.17) is 11.6 Å². The van der Waals surface area contributed by atoms with Gasteiger partial charge in [-0.1, -0.05) is 35.9 Å². The molecule has 30 heavy (non-hydrogen) atoms. The normalized spacial score (nSPS) is 13.3. The van der Waals surface area contributed by atoms with Gasteiger partial charge in [0.15, 0.2) is 0 Å². The molecule has 0 bridgehead atoms. The summed E-state index contributed by atoms with van der Waals surface area (Å²) >= 11 is 5.89. The number of amides is 1. The average molecular weight is 445 g/mol. The molecule has 154 valence electrons. The summed E-state index contributed by atoms with van der Waals surface area (Å²) in [5, 5.41) is 0.566. The van der Waals surface area contributed by atoms with Gasteiger partial charge in [0.05, 0.1) is 0 Å². The summed E-state index contributed by atoms with van der Waals surface area (Å²) in [5.41, 5.74) is 3.04. The lowest BCUT2D eigenvalue weighted by Crippen LogP contribution is -2.28. The molecule has 1 aliphatic rings. The highest BCUT2D eigenvalue weighted by Crippen LogP contribution is 2.30. The zero-order chi connectivity index (χ0) is 21.3. The van der Waals surface area contributed by atoms with Crippen LogP contribution in [0.4, 0.5) is 10.1 Å². The molecule has 0 fully saturated rings. The lowest BCUT2D eigenvalue weighted by atomic mass is 10.1. The monoisotopic (exact) mass is 444 g/mol. The van der Waals surface area contributed by atoms with Crippen molar-refractivity contribution in [3.8, 4) is 0 Å². The molecule has 1 heterocycles. The number of carbonyl (C=O) groups excluding carboxylic acids is 1. The number of halogens is 2. The number of carbonyl (C=O) groups is 1. The minimum absolute atomic E-state index is 0.0229. The fourth-order valence-electron chi connectivity index (χ4n) is 3.44. The number of nitrogens with one attached hydrogen (secondary N) is 1. The highest BCUT2D eigenvalue weighted by Gasteiger charge is 2.26. The number of rotatable bonds is 5. The van der Waals surface area contributed by atoms with Crippen LogP contribution in [0.15, 0.2) is 71.6 Å². The van der Waals surface area contributed by atoms with E-state index < -0.39 is 15.8 Å². The Balaban J connectivity index is 1.49. The number of benzene rings is 3. The zero-order valence-corrected chi connectivity index (χ0v) is 17.4. The van der Waals surface area contributed by atoms with Gasteiger partial charge < -0.3 is 4.90 Å². The molecule has 1 amide bonds. The van der Waals surface area contributed by atoms with Crippen LogP contribution < -0.4 is 9.62 Å². The van der Waals surface area contributed by atoms with Gasteiger partial charge in [0.1, 0.15) is 10.7 Å². The summed E-state index contributed by atoms with van der Waals surface area (Å²) in [4.78, 5) is 14.1. The Bertz CT molecular complexity index is 1210. The van der Waals surface area contributed by atoms with E-state index in [-0.39, 0.29) is 17.3 Å². The zero-order valence-electron chi connectivity index (χ0n) is 15.8. The first kappa shape index (κ1) is 20.5. The van der Waals surface area contributed by atoms with Crippen LogP contribution in [0.1, 0.15) is 21.5 Å². The fourth-order valence-corrected chi connectivity index (χ4v) is 4.66. The first-order chi connectivity index (χ1) is 14.3. The van der Waals surface area contributed by atoms with E-state index in [2.05, 4.69) is 4.72 Å². The number of hydrogen-bond donors (Lipinski definition) is 1. The molecule has 0 spiro atoms. The third-order valence-electron chi connectivity index (χ3n) is 4.97. The van der Waals surface area contributed by atoms with E-state index in [9.17, 15) is 17.6 Å². The van der Waals surface area contributed by atoms with Crippen molar-refractivity contribution in [2.24, 2.45) is 0 Å². The second-order valence-electron chi connectivity index (χ2n) is 6.93. The van der Waals surface area contributed by atoms with Gasteiger partial charge in [-0.25, -0.2) is 17.5 Å². The molecule has 4 rings (SSSR count).